The van der Waals surface area contributed by atoms with Crippen molar-refractivity contribution in [1.82, 2.24) is 9.29 Å². The van der Waals surface area contributed by atoms with Crippen LogP contribution in [0.15, 0.2) is 41.4 Å². The minimum absolute atomic E-state index is 0.115. The normalized spacial score (nSPS) is 19.2. The molecule has 2 aromatic rings. The molecule has 0 aliphatic carbocycles. The van der Waals surface area contributed by atoms with Crippen LogP contribution in [-0.2, 0) is 5.54 Å². The van der Waals surface area contributed by atoms with Crippen molar-refractivity contribution in [3.05, 3.63) is 59.0 Å². The molecule has 0 spiro atoms. The van der Waals surface area contributed by atoms with Gasteiger partial charge in [-0.2, -0.15) is 5.26 Å². The number of nitrogens with one attached hydrogen (secondary N) is 1. The van der Waals surface area contributed by atoms with Crippen molar-refractivity contribution < 1.29 is 9.18 Å². The second kappa shape index (κ2) is 7.25. The summed E-state index contributed by atoms with van der Waals surface area (Å²) in [5, 5.41) is 11.5. The molecular formula is C18H17FN6OS. The van der Waals surface area contributed by atoms with Gasteiger partial charge in [0.2, 0.25) is 5.96 Å². The van der Waals surface area contributed by atoms with Gasteiger partial charge in [0.25, 0.3) is 5.91 Å². The van der Waals surface area contributed by atoms with Crippen molar-refractivity contribution >= 4 is 29.6 Å². The molecule has 0 saturated carbocycles. The van der Waals surface area contributed by atoms with Gasteiger partial charge in [-0.25, -0.2) is 14.4 Å². The Hall–Kier alpha value is -3.12. The monoisotopic (exact) mass is 384 g/mol. The van der Waals surface area contributed by atoms with E-state index in [1.165, 1.54) is 36.2 Å². The molecular weight excluding hydrogens is 367 g/mol. The van der Waals surface area contributed by atoms with Crippen LogP contribution in [0.2, 0.25) is 0 Å². The number of aliphatic imine (C=N–C) groups is 1. The Morgan fingerprint density at radius 3 is 2.70 bits per heavy atom. The molecule has 1 aliphatic heterocycles. The van der Waals surface area contributed by atoms with Crippen LogP contribution < -0.4 is 11.1 Å². The number of carbonyl (C=O) groups excluding carboxylic acids is 1. The molecule has 3 rings (SSSR count). The van der Waals surface area contributed by atoms with E-state index in [-0.39, 0.29) is 17.5 Å². The highest BCUT2D eigenvalue weighted by molar-refractivity contribution is 7.97. The largest absolute Gasteiger partial charge is 0.369 e. The van der Waals surface area contributed by atoms with E-state index in [0.717, 1.165) is 0 Å². The lowest BCUT2D eigenvalue weighted by molar-refractivity contribution is 0.102. The van der Waals surface area contributed by atoms with Crippen molar-refractivity contribution in [3.63, 3.8) is 0 Å². The first-order chi connectivity index (χ1) is 12.8. The summed E-state index contributed by atoms with van der Waals surface area (Å²) in [6.45, 7) is 1.75. The summed E-state index contributed by atoms with van der Waals surface area (Å²) in [5.41, 5.74) is 5.86. The van der Waals surface area contributed by atoms with E-state index in [2.05, 4.69) is 15.3 Å². The van der Waals surface area contributed by atoms with Crippen molar-refractivity contribution in [3.8, 4) is 6.07 Å². The van der Waals surface area contributed by atoms with Crippen LogP contribution in [0.25, 0.3) is 0 Å². The Bertz CT molecular complexity index is 955. The van der Waals surface area contributed by atoms with E-state index in [0.29, 0.717) is 16.9 Å². The predicted octanol–water partition coefficient (Wildman–Crippen LogP) is 2.47. The van der Waals surface area contributed by atoms with Crippen molar-refractivity contribution in [2.24, 2.45) is 10.7 Å². The summed E-state index contributed by atoms with van der Waals surface area (Å²) >= 11 is 1.41. The zero-order valence-corrected chi connectivity index (χ0v) is 15.5. The molecule has 7 nitrogen and oxygen atoms in total. The maximum absolute atomic E-state index is 14.4. The lowest BCUT2D eigenvalue weighted by Crippen LogP contribution is -2.41. The SMILES string of the molecule is CN1SC[C@@](C)(c2nc(NC(=O)c3ccc(C#N)cc3)ccc2F)N=C1N. The minimum Gasteiger partial charge on any atom is -0.369 e. The summed E-state index contributed by atoms with van der Waals surface area (Å²) in [6, 6.07) is 10.8. The molecule has 0 bridgehead atoms. The van der Waals surface area contributed by atoms with Crippen LogP contribution in [0.1, 0.15) is 28.5 Å². The third-order valence-electron chi connectivity index (χ3n) is 4.10. The molecule has 0 unspecified atom stereocenters. The second-order valence-corrected chi connectivity index (χ2v) is 7.28. The van der Waals surface area contributed by atoms with Gasteiger partial charge in [0.15, 0.2) is 0 Å². The number of aromatic nitrogens is 1. The number of guanidine groups is 1. The average molecular weight is 384 g/mol. The Morgan fingerprint density at radius 1 is 1.37 bits per heavy atom. The molecule has 138 valence electrons. The topological polar surface area (TPSA) is 107 Å². The number of nitriles is 1. The number of hydrogen-bond donors (Lipinski definition) is 2. The second-order valence-electron chi connectivity index (χ2n) is 6.18. The number of nitrogens with two attached hydrogens (primary N) is 1. The van der Waals surface area contributed by atoms with E-state index in [9.17, 15) is 9.18 Å². The fourth-order valence-corrected chi connectivity index (χ4v) is 3.36. The molecule has 1 aromatic heterocycles. The fourth-order valence-electron chi connectivity index (χ4n) is 2.54. The van der Waals surface area contributed by atoms with E-state index in [1.54, 1.807) is 30.4 Å². The number of halogens is 1. The van der Waals surface area contributed by atoms with Crippen LogP contribution in [-0.4, -0.2) is 34.0 Å². The Balaban J connectivity index is 1.87. The van der Waals surface area contributed by atoms with Gasteiger partial charge < -0.3 is 11.1 Å². The van der Waals surface area contributed by atoms with Crippen LogP contribution in [0.3, 0.4) is 0 Å². The highest BCUT2D eigenvalue weighted by Crippen LogP contribution is 2.35. The van der Waals surface area contributed by atoms with E-state index >= 15 is 0 Å². The predicted molar refractivity (Wildman–Crippen MR) is 103 cm³/mol. The first kappa shape index (κ1) is 18.7. The van der Waals surface area contributed by atoms with Gasteiger partial charge in [-0.3, -0.25) is 9.10 Å². The number of benzene rings is 1. The molecule has 0 fully saturated rings. The highest BCUT2D eigenvalue weighted by atomic mass is 32.2. The number of hydrogen-bond acceptors (Lipinski definition) is 7. The molecule has 2 heterocycles. The average Bonchev–Trinajstić information content (AvgIpc) is 2.66. The van der Waals surface area contributed by atoms with E-state index in [1.807, 2.05) is 6.07 Å². The quantitative estimate of drug-likeness (QED) is 0.787. The van der Waals surface area contributed by atoms with Crippen LogP contribution in [0, 0.1) is 17.1 Å². The number of nitrogens with zero attached hydrogens (tertiary/aromatic N) is 4. The molecule has 1 aromatic carbocycles. The number of pyridine rings is 1. The van der Waals surface area contributed by atoms with Crippen LogP contribution in [0.4, 0.5) is 10.2 Å². The number of amides is 1. The van der Waals surface area contributed by atoms with Crippen molar-refractivity contribution in [2.75, 3.05) is 18.1 Å². The van der Waals surface area contributed by atoms with Gasteiger partial charge >= 0.3 is 0 Å². The van der Waals surface area contributed by atoms with Crippen LogP contribution in [0.5, 0.6) is 0 Å². The summed E-state index contributed by atoms with van der Waals surface area (Å²) < 4.78 is 16.1. The molecule has 0 saturated heterocycles. The first-order valence-corrected chi connectivity index (χ1v) is 8.97. The molecule has 9 heteroatoms. The Labute approximate surface area is 160 Å². The Morgan fingerprint density at radius 2 is 2.07 bits per heavy atom. The zero-order chi connectivity index (χ0) is 19.6. The Kier molecular flexibility index (Phi) is 5.01. The van der Waals surface area contributed by atoms with Crippen molar-refractivity contribution in [2.45, 2.75) is 12.5 Å². The summed E-state index contributed by atoms with van der Waals surface area (Å²) in [7, 11) is 1.78. The third kappa shape index (κ3) is 3.85. The summed E-state index contributed by atoms with van der Waals surface area (Å²) in [6.07, 6.45) is 0. The molecule has 3 N–H and O–H groups in total. The zero-order valence-electron chi connectivity index (χ0n) is 14.7. The standard InChI is InChI=1S/C18H17FN6OS/c1-18(10-27-25(2)17(21)24-18)15-13(19)7-8-14(22-15)23-16(26)12-5-3-11(9-20)4-6-12/h3-8H,10H2,1-2H3,(H2,21,24)(H,22,23,26)/t18-/m0/s1. The maximum atomic E-state index is 14.4. The fraction of sp³-hybridized carbons (Fsp3) is 0.222. The van der Waals surface area contributed by atoms with Crippen molar-refractivity contribution in [1.29, 1.82) is 5.26 Å². The lowest BCUT2D eigenvalue weighted by Gasteiger charge is -2.33. The minimum atomic E-state index is -0.944. The van der Waals surface area contributed by atoms with E-state index < -0.39 is 17.3 Å². The highest BCUT2D eigenvalue weighted by Gasteiger charge is 2.36. The van der Waals surface area contributed by atoms with Crippen LogP contribution >= 0.6 is 11.9 Å². The number of carbonyl (C=O) groups is 1. The van der Waals surface area contributed by atoms with Gasteiger partial charge in [0, 0.05) is 18.4 Å². The van der Waals surface area contributed by atoms with E-state index in [4.69, 9.17) is 11.0 Å². The maximum Gasteiger partial charge on any atom is 0.256 e. The summed E-state index contributed by atoms with van der Waals surface area (Å²) in [4.78, 5) is 21.0. The first-order valence-electron chi connectivity index (χ1n) is 8.03. The summed E-state index contributed by atoms with van der Waals surface area (Å²) in [5.74, 6) is 0.0222. The number of rotatable bonds is 3. The lowest BCUT2D eigenvalue weighted by atomic mass is 10.00. The van der Waals surface area contributed by atoms with Gasteiger partial charge in [-0.05, 0) is 55.3 Å². The van der Waals surface area contributed by atoms with Gasteiger partial charge in [0.1, 0.15) is 22.9 Å². The molecule has 1 aliphatic rings. The molecule has 27 heavy (non-hydrogen) atoms. The number of anilines is 1. The smallest absolute Gasteiger partial charge is 0.256 e. The van der Waals surface area contributed by atoms with Gasteiger partial charge in [-0.15, -0.1) is 0 Å². The molecule has 1 atom stereocenters. The van der Waals surface area contributed by atoms with Gasteiger partial charge in [0.05, 0.1) is 11.6 Å². The molecule has 0 radical (unpaired) electrons. The molecule has 1 amide bonds. The van der Waals surface area contributed by atoms with Gasteiger partial charge in [-0.1, -0.05) is 0 Å². The third-order valence-corrected chi connectivity index (χ3v) is 5.36.